The summed E-state index contributed by atoms with van der Waals surface area (Å²) in [4.78, 5) is 3.89. The van der Waals surface area contributed by atoms with Gasteiger partial charge >= 0.3 is 7.32 Å². The van der Waals surface area contributed by atoms with E-state index >= 15 is 0 Å². The van der Waals surface area contributed by atoms with Gasteiger partial charge in [0.25, 0.3) is 0 Å². The Bertz CT molecular complexity index is 446. The molecule has 1 aromatic rings. The van der Waals surface area contributed by atoms with Crippen LogP contribution in [0.2, 0.25) is 10.0 Å². The van der Waals surface area contributed by atoms with E-state index in [1.165, 1.54) is 12.4 Å². The van der Waals surface area contributed by atoms with Gasteiger partial charge in [-0.3, -0.25) is 4.98 Å². The largest absolute Gasteiger partial charge is 0.640 e. The molecule has 1 aliphatic heterocycles. The molecule has 0 aliphatic carbocycles. The Morgan fingerprint density at radius 3 is 2.05 bits per heavy atom. The number of hydrogen-bond donors (Lipinski definition) is 0. The fraction of sp³-hybridized carbons (Fsp3) is 0.583. The van der Waals surface area contributed by atoms with Crippen LogP contribution in [-0.4, -0.2) is 23.5 Å². The number of aromatic nitrogens is 1. The van der Waals surface area contributed by atoms with E-state index in [1.54, 1.807) is 0 Å². The van der Waals surface area contributed by atoms with E-state index in [-0.39, 0.29) is 6.61 Å². The summed E-state index contributed by atoms with van der Waals surface area (Å²) < 4.78 is 17.0. The van der Waals surface area contributed by atoms with Crippen molar-refractivity contribution in [1.82, 2.24) is 4.98 Å². The highest BCUT2D eigenvalue weighted by molar-refractivity contribution is 6.38. The maximum atomic E-state index is 6.02. The minimum absolute atomic E-state index is 0.205. The first kappa shape index (κ1) is 15.1. The van der Waals surface area contributed by atoms with Crippen molar-refractivity contribution in [3.63, 3.8) is 0 Å². The zero-order valence-corrected chi connectivity index (χ0v) is 12.9. The lowest BCUT2D eigenvalue weighted by Crippen LogP contribution is -2.41. The van der Waals surface area contributed by atoms with Crippen LogP contribution in [0.4, 0.5) is 0 Å². The molecule has 0 bridgehead atoms. The quantitative estimate of drug-likeness (QED) is 0.801. The van der Waals surface area contributed by atoms with Crippen LogP contribution in [0.15, 0.2) is 12.4 Å². The van der Waals surface area contributed by atoms with Crippen molar-refractivity contribution in [1.29, 1.82) is 0 Å². The third-order valence-corrected chi connectivity index (χ3v) is 4.20. The van der Waals surface area contributed by atoms with E-state index in [9.17, 15) is 0 Å². The van der Waals surface area contributed by atoms with Crippen molar-refractivity contribution in [3.05, 3.63) is 28.0 Å². The minimum Gasteiger partial charge on any atom is -0.382 e. The van der Waals surface area contributed by atoms with Gasteiger partial charge in [-0.15, -0.1) is 0 Å². The van der Waals surface area contributed by atoms with Gasteiger partial charge in [0.2, 0.25) is 0 Å². The van der Waals surface area contributed by atoms with E-state index in [4.69, 9.17) is 37.2 Å². The molecule has 0 aromatic carbocycles. The lowest BCUT2D eigenvalue weighted by atomic mass is 9.90. The van der Waals surface area contributed by atoms with Crippen molar-refractivity contribution in [3.8, 4) is 0 Å². The molecule has 7 heteroatoms. The van der Waals surface area contributed by atoms with Gasteiger partial charge in [-0.25, -0.2) is 0 Å². The molecule has 4 nitrogen and oxygen atoms in total. The Morgan fingerprint density at radius 1 is 1.11 bits per heavy atom. The first-order valence-corrected chi connectivity index (χ1v) is 6.74. The van der Waals surface area contributed by atoms with E-state index in [1.807, 2.05) is 27.7 Å². The maximum absolute atomic E-state index is 6.02. The van der Waals surface area contributed by atoms with Gasteiger partial charge in [0.15, 0.2) is 0 Å². The molecule has 104 valence electrons. The summed E-state index contributed by atoms with van der Waals surface area (Å²) in [5, 5.41) is 0.924. The van der Waals surface area contributed by atoms with Crippen molar-refractivity contribution < 1.29 is 14.0 Å². The van der Waals surface area contributed by atoms with Gasteiger partial charge in [-0.2, -0.15) is 0 Å². The maximum Gasteiger partial charge on any atom is 0.640 e. The predicted molar refractivity (Wildman–Crippen MR) is 75.1 cm³/mol. The highest BCUT2D eigenvalue weighted by atomic mass is 35.5. The molecule has 1 saturated heterocycles. The fourth-order valence-electron chi connectivity index (χ4n) is 1.58. The van der Waals surface area contributed by atoms with Crippen molar-refractivity contribution >= 4 is 30.5 Å². The Morgan fingerprint density at radius 2 is 1.58 bits per heavy atom. The lowest BCUT2D eigenvalue weighted by Gasteiger charge is -2.31. The molecule has 0 spiro atoms. The van der Waals surface area contributed by atoms with E-state index in [0.29, 0.717) is 15.6 Å². The van der Waals surface area contributed by atoms with Crippen molar-refractivity contribution in [2.24, 2.45) is 0 Å². The van der Waals surface area contributed by atoms with E-state index in [2.05, 4.69) is 4.98 Å². The monoisotopic (exact) mass is 303 g/mol. The molecule has 1 aromatic heterocycles. The number of nitrogens with zero attached hydrogens (tertiary/aromatic N) is 1. The predicted octanol–water partition coefficient (Wildman–Crippen LogP) is 3.49. The van der Waals surface area contributed by atoms with Crippen molar-refractivity contribution in [2.45, 2.75) is 45.5 Å². The summed E-state index contributed by atoms with van der Waals surface area (Å²) in [5.74, 6) is 0. The highest BCUT2D eigenvalue weighted by Gasteiger charge is 2.52. The molecule has 19 heavy (non-hydrogen) atoms. The van der Waals surface area contributed by atoms with Crippen LogP contribution in [0.1, 0.15) is 33.3 Å². The molecular weight excluding hydrogens is 288 g/mol. The molecule has 0 radical (unpaired) electrons. The average molecular weight is 304 g/mol. The smallest absolute Gasteiger partial charge is 0.382 e. The van der Waals surface area contributed by atoms with Crippen LogP contribution in [0.3, 0.4) is 0 Å². The second-order valence-corrected chi connectivity index (χ2v) is 6.25. The molecule has 1 aliphatic rings. The first-order chi connectivity index (χ1) is 8.73. The summed E-state index contributed by atoms with van der Waals surface area (Å²) in [5.41, 5.74) is -0.180. The molecule has 0 amide bonds. The van der Waals surface area contributed by atoms with Crippen LogP contribution < -0.4 is 0 Å². The Hall–Kier alpha value is -0.325. The normalized spacial score (nSPS) is 20.8. The topological polar surface area (TPSA) is 40.6 Å². The summed E-state index contributed by atoms with van der Waals surface area (Å²) in [6, 6.07) is 0. The van der Waals surface area contributed by atoms with Crippen LogP contribution in [0.5, 0.6) is 0 Å². The SMILES string of the molecule is CC1(C)OB(OCc2c(Cl)cncc2Cl)OC1(C)C. The fourth-order valence-corrected chi connectivity index (χ4v) is 2.06. The van der Waals surface area contributed by atoms with Crippen LogP contribution in [0.25, 0.3) is 0 Å². The molecule has 1 fully saturated rings. The average Bonchev–Trinajstić information content (AvgIpc) is 2.46. The number of hydrogen-bond acceptors (Lipinski definition) is 4. The summed E-state index contributed by atoms with van der Waals surface area (Å²) >= 11 is 12.0. The molecule has 0 atom stereocenters. The zero-order valence-electron chi connectivity index (χ0n) is 11.4. The Labute approximate surface area is 123 Å². The number of pyridine rings is 1. The van der Waals surface area contributed by atoms with Crippen LogP contribution >= 0.6 is 23.2 Å². The van der Waals surface area contributed by atoms with Gasteiger partial charge < -0.3 is 14.0 Å². The Balaban J connectivity index is 2.02. The lowest BCUT2D eigenvalue weighted by molar-refractivity contribution is 0.00578. The molecule has 2 heterocycles. The van der Waals surface area contributed by atoms with E-state index < -0.39 is 18.5 Å². The molecule has 0 N–H and O–H groups in total. The highest BCUT2D eigenvalue weighted by Crippen LogP contribution is 2.37. The van der Waals surface area contributed by atoms with Gasteiger partial charge in [0.05, 0.1) is 27.9 Å². The summed E-state index contributed by atoms with van der Waals surface area (Å²) in [6.45, 7) is 8.05. The summed E-state index contributed by atoms with van der Waals surface area (Å²) in [6.07, 6.45) is 3.05. The molecular formula is C12H16BCl2NO3. The third kappa shape index (κ3) is 3.06. The van der Waals surface area contributed by atoms with Crippen LogP contribution in [0, 0.1) is 0 Å². The third-order valence-electron chi connectivity index (χ3n) is 3.55. The molecule has 2 rings (SSSR count). The van der Waals surface area contributed by atoms with Gasteiger partial charge in [0.1, 0.15) is 0 Å². The zero-order chi connectivity index (χ0) is 14.3. The van der Waals surface area contributed by atoms with Crippen molar-refractivity contribution in [2.75, 3.05) is 0 Å². The summed E-state index contributed by atoms with van der Waals surface area (Å²) in [7, 11) is -0.731. The van der Waals surface area contributed by atoms with Gasteiger partial charge in [-0.05, 0) is 27.7 Å². The van der Waals surface area contributed by atoms with Gasteiger partial charge in [-0.1, -0.05) is 23.2 Å². The number of rotatable bonds is 3. The van der Waals surface area contributed by atoms with Gasteiger partial charge in [0, 0.05) is 18.0 Å². The number of halogens is 2. The standard InChI is InChI=1S/C12H16BCl2NO3/c1-11(2)12(3,4)19-13(18-11)17-7-8-9(14)5-16-6-10(8)15/h5-6H,7H2,1-4H3. The minimum atomic E-state index is -0.731. The molecule has 0 saturated carbocycles. The van der Waals surface area contributed by atoms with E-state index in [0.717, 1.165) is 0 Å². The van der Waals surface area contributed by atoms with Crippen LogP contribution in [-0.2, 0) is 20.6 Å². The second-order valence-electron chi connectivity index (χ2n) is 5.44. The first-order valence-electron chi connectivity index (χ1n) is 5.98. The molecule has 0 unspecified atom stereocenters. The second kappa shape index (κ2) is 5.22. The Kier molecular flexibility index (Phi) is 4.14.